The largest absolute Gasteiger partial charge is 0.483 e. The van der Waals surface area contributed by atoms with E-state index in [2.05, 4.69) is 63.1 Å². The van der Waals surface area contributed by atoms with Crippen molar-refractivity contribution >= 4 is 12.9 Å². The van der Waals surface area contributed by atoms with Gasteiger partial charge in [-0.1, -0.05) is 12.1 Å². The van der Waals surface area contributed by atoms with E-state index in [1.807, 2.05) is 30.2 Å². The summed E-state index contributed by atoms with van der Waals surface area (Å²) in [7, 11) is 4.22. The number of likely N-dealkylation sites (N-methyl/N-ethyl adjacent to an activating group) is 1. The van der Waals surface area contributed by atoms with E-state index in [1.54, 1.807) is 6.20 Å². The summed E-state index contributed by atoms with van der Waals surface area (Å²) < 4.78 is 2.01. The fourth-order valence-electron chi connectivity index (χ4n) is 2.79. The summed E-state index contributed by atoms with van der Waals surface area (Å²) in [4.78, 5) is 33.1. The highest BCUT2D eigenvalue weighted by molar-refractivity contribution is 5.34. The lowest BCUT2D eigenvalue weighted by Gasteiger charge is -2.23. The van der Waals surface area contributed by atoms with Gasteiger partial charge in [-0.3, -0.25) is 14.5 Å². The SMILES string of the molecule is Cc1ncc(CN(CCN(C)C)Cc2ccc(-n3ccnc3)cc2)[nH]1.O=CO.O=CO. The van der Waals surface area contributed by atoms with Crippen LogP contribution in [0.4, 0.5) is 0 Å². The number of carbonyl (C=O) groups is 2. The van der Waals surface area contributed by atoms with Crippen molar-refractivity contribution in [3.63, 3.8) is 0 Å². The molecule has 0 aliphatic heterocycles. The molecule has 31 heavy (non-hydrogen) atoms. The van der Waals surface area contributed by atoms with Crippen molar-refractivity contribution in [2.45, 2.75) is 20.0 Å². The van der Waals surface area contributed by atoms with Crippen LogP contribution in [-0.4, -0.2) is 79.7 Å². The molecule has 0 radical (unpaired) electrons. The number of benzene rings is 1. The molecule has 0 atom stereocenters. The molecule has 0 amide bonds. The second kappa shape index (κ2) is 14.5. The Kier molecular flexibility index (Phi) is 11.9. The minimum atomic E-state index is -0.250. The lowest BCUT2D eigenvalue weighted by atomic mass is 10.2. The lowest BCUT2D eigenvalue weighted by Crippen LogP contribution is -2.31. The molecule has 168 valence electrons. The molecular formula is C21H30N6O4. The highest BCUT2D eigenvalue weighted by Crippen LogP contribution is 2.13. The summed E-state index contributed by atoms with van der Waals surface area (Å²) in [5, 5.41) is 13.8. The number of rotatable bonds is 8. The average Bonchev–Trinajstić information content (AvgIpc) is 3.40. The zero-order valence-electron chi connectivity index (χ0n) is 18.0. The molecule has 0 aliphatic carbocycles. The van der Waals surface area contributed by atoms with Gasteiger partial charge in [-0.25, -0.2) is 9.97 Å². The number of aromatic amines is 1. The summed E-state index contributed by atoms with van der Waals surface area (Å²) in [5.41, 5.74) is 3.59. The normalized spacial score (nSPS) is 10.1. The number of carboxylic acid groups (broad SMARTS) is 2. The minimum absolute atomic E-state index is 0.250. The lowest BCUT2D eigenvalue weighted by molar-refractivity contribution is -0.123. The predicted molar refractivity (Wildman–Crippen MR) is 117 cm³/mol. The second-order valence-electron chi connectivity index (χ2n) is 6.85. The molecule has 0 fully saturated rings. The van der Waals surface area contributed by atoms with Crippen molar-refractivity contribution < 1.29 is 19.8 Å². The molecule has 3 aromatic rings. The molecule has 0 spiro atoms. The van der Waals surface area contributed by atoms with Gasteiger partial charge in [-0.2, -0.15) is 0 Å². The van der Waals surface area contributed by atoms with Gasteiger partial charge < -0.3 is 24.7 Å². The van der Waals surface area contributed by atoms with Crippen LogP contribution >= 0.6 is 0 Å². The third-order valence-electron chi connectivity index (χ3n) is 4.16. The Morgan fingerprint density at radius 2 is 1.71 bits per heavy atom. The van der Waals surface area contributed by atoms with Crippen LogP contribution in [0.15, 0.2) is 49.2 Å². The number of aryl methyl sites for hydroxylation is 1. The molecule has 0 saturated carbocycles. The van der Waals surface area contributed by atoms with Crippen molar-refractivity contribution in [1.82, 2.24) is 29.3 Å². The van der Waals surface area contributed by atoms with Crippen LogP contribution in [0, 0.1) is 6.92 Å². The molecule has 0 aliphatic rings. The Bertz CT molecular complexity index is 856. The highest BCUT2D eigenvalue weighted by Gasteiger charge is 2.09. The van der Waals surface area contributed by atoms with Crippen LogP contribution in [0.25, 0.3) is 5.69 Å². The Morgan fingerprint density at radius 1 is 1.06 bits per heavy atom. The number of aromatic nitrogens is 4. The molecular weight excluding hydrogens is 400 g/mol. The smallest absolute Gasteiger partial charge is 0.290 e. The number of H-pyrrole nitrogens is 1. The minimum Gasteiger partial charge on any atom is -0.483 e. The van der Waals surface area contributed by atoms with Crippen molar-refractivity contribution in [1.29, 1.82) is 0 Å². The predicted octanol–water partition coefficient (Wildman–Crippen LogP) is 1.87. The first-order chi connectivity index (χ1) is 14.9. The number of nitrogens with zero attached hydrogens (tertiary/aromatic N) is 5. The average molecular weight is 431 g/mol. The maximum absolute atomic E-state index is 8.36. The fourth-order valence-corrected chi connectivity index (χ4v) is 2.79. The summed E-state index contributed by atoms with van der Waals surface area (Å²) in [5.74, 6) is 0.965. The van der Waals surface area contributed by atoms with E-state index in [0.717, 1.165) is 43.4 Å². The van der Waals surface area contributed by atoms with Gasteiger partial charge in [0.2, 0.25) is 0 Å². The standard InChI is InChI=1S/C19H26N6.2CH2O2/c1-16-21-12-18(22-16)14-24(11-10-23(2)3)13-17-4-6-19(7-5-17)25-9-8-20-15-25;2*2-1-3/h4-9,12,15H,10-11,13-14H2,1-3H3,(H,21,22);2*1H,(H,2,3). The number of hydrogen-bond acceptors (Lipinski definition) is 6. The second-order valence-corrected chi connectivity index (χ2v) is 6.85. The van der Waals surface area contributed by atoms with E-state index in [9.17, 15) is 0 Å². The highest BCUT2D eigenvalue weighted by atomic mass is 16.3. The van der Waals surface area contributed by atoms with Crippen LogP contribution in [0.5, 0.6) is 0 Å². The first kappa shape index (κ1) is 25.5. The Morgan fingerprint density at radius 3 is 2.19 bits per heavy atom. The first-order valence-electron chi connectivity index (χ1n) is 9.54. The van der Waals surface area contributed by atoms with Crippen LogP contribution < -0.4 is 0 Å². The van der Waals surface area contributed by atoms with Gasteiger partial charge in [0.05, 0.1) is 6.33 Å². The van der Waals surface area contributed by atoms with Crippen LogP contribution in [0.1, 0.15) is 17.1 Å². The quantitative estimate of drug-likeness (QED) is 0.462. The summed E-state index contributed by atoms with van der Waals surface area (Å²) >= 11 is 0. The van der Waals surface area contributed by atoms with Gasteiger partial charge >= 0.3 is 0 Å². The molecule has 3 N–H and O–H groups in total. The van der Waals surface area contributed by atoms with Crippen molar-refractivity contribution in [2.75, 3.05) is 27.2 Å². The maximum Gasteiger partial charge on any atom is 0.290 e. The Hall–Kier alpha value is -3.50. The third-order valence-corrected chi connectivity index (χ3v) is 4.16. The topological polar surface area (TPSA) is 128 Å². The van der Waals surface area contributed by atoms with Crippen molar-refractivity contribution in [2.24, 2.45) is 0 Å². The summed E-state index contributed by atoms with van der Waals surface area (Å²) in [6.07, 6.45) is 7.50. The fraction of sp³-hybridized carbons (Fsp3) is 0.333. The zero-order valence-corrected chi connectivity index (χ0v) is 18.0. The molecule has 1 aromatic carbocycles. The zero-order chi connectivity index (χ0) is 23.1. The van der Waals surface area contributed by atoms with Crippen LogP contribution in [0.2, 0.25) is 0 Å². The van der Waals surface area contributed by atoms with Crippen LogP contribution in [0.3, 0.4) is 0 Å². The molecule has 0 bridgehead atoms. The number of imidazole rings is 2. The van der Waals surface area contributed by atoms with Gasteiger partial charge in [0.15, 0.2) is 0 Å². The molecule has 2 aromatic heterocycles. The van der Waals surface area contributed by atoms with Gasteiger partial charge in [0.25, 0.3) is 12.9 Å². The first-order valence-corrected chi connectivity index (χ1v) is 9.54. The van der Waals surface area contributed by atoms with Crippen molar-refractivity contribution in [3.05, 3.63) is 66.3 Å². The molecule has 0 unspecified atom stereocenters. The molecule has 2 heterocycles. The third kappa shape index (κ3) is 10.2. The monoisotopic (exact) mass is 430 g/mol. The van der Waals surface area contributed by atoms with Crippen molar-refractivity contribution in [3.8, 4) is 5.69 Å². The summed E-state index contributed by atoms with van der Waals surface area (Å²) in [6.45, 7) is 5.31. The maximum atomic E-state index is 8.36. The van der Waals surface area contributed by atoms with E-state index in [4.69, 9.17) is 19.8 Å². The van der Waals surface area contributed by atoms with E-state index < -0.39 is 0 Å². The van der Waals surface area contributed by atoms with E-state index in [0.29, 0.717) is 0 Å². The Labute approximate surface area is 181 Å². The number of hydrogen-bond donors (Lipinski definition) is 3. The number of nitrogens with one attached hydrogen (secondary N) is 1. The van der Waals surface area contributed by atoms with Gasteiger partial charge in [0, 0.05) is 56.2 Å². The molecule has 10 nitrogen and oxygen atoms in total. The van der Waals surface area contributed by atoms with Gasteiger partial charge in [0.1, 0.15) is 5.82 Å². The molecule has 3 rings (SSSR count). The van der Waals surface area contributed by atoms with Gasteiger partial charge in [-0.15, -0.1) is 0 Å². The molecule has 10 heteroatoms. The summed E-state index contributed by atoms with van der Waals surface area (Å²) in [6, 6.07) is 8.66. The van der Waals surface area contributed by atoms with Crippen LogP contribution in [-0.2, 0) is 22.7 Å². The Balaban J connectivity index is 0.000000720. The van der Waals surface area contributed by atoms with E-state index in [-0.39, 0.29) is 12.9 Å². The van der Waals surface area contributed by atoms with Gasteiger partial charge in [-0.05, 0) is 38.7 Å². The van der Waals surface area contributed by atoms with E-state index in [1.165, 1.54) is 5.56 Å². The molecule has 0 saturated heterocycles. The van der Waals surface area contributed by atoms with E-state index >= 15 is 0 Å².